The zero-order chi connectivity index (χ0) is 21.6. The van der Waals surface area contributed by atoms with Crippen LogP contribution in [0.15, 0.2) is 60.7 Å². The van der Waals surface area contributed by atoms with Crippen LogP contribution in [0.25, 0.3) is 0 Å². The zero-order valence-corrected chi connectivity index (χ0v) is 17.7. The molecule has 0 unspecified atom stereocenters. The minimum atomic E-state index is -4.24. The molecule has 3 aromatic rings. The molecular weight excluding hydrogens is 391 g/mol. The topological polar surface area (TPSA) is 96.2 Å². The van der Waals surface area contributed by atoms with Crippen molar-refractivity contribution in [1.29, 1.82) is 0 Å². The third-order valence-electron chi connectivity index (χ3n) is 4.06. The largest absolute Gasteiger partial charge is 0.584 e. The Morgan fingerprint density at radius 3 is 1.24 bits per heavy atom. The first-order valence-electron chi connectivity index (χ1n) is 8.91. The van der Waals surface area contributed by atoms with E-state index < -0.39 is 7.82 Å². The van der Waals surface area contributed by atoms with Gasteiger partial charge in [-0.1, -0.05) is 42.5 Å². The highest BCUT2D eigenvalue weighted by Gasteiger charge is 2.28. The van der Waals surface area contributed by atoms with Gasteiger partial charge in [0.25, 0.3) is 0 Å². The van der Waals surface area contributed by atoms with E-state index >= 15 is 0 Å². The molecule has 0 saturated carbocycles. The van der Waals surface area contributed by atoms with Gasteiger partial charge in [0, 0.05) is 6.07 Å². The van der Waals surface area contributed by atoms with E-state index in [1.807, 2.05) is 64.1 Å². The molecule has 29 heavy (non-hydrogen) atoms. The number of hydrogen-bond acceptors (Lipinski definition) is 5. The predicted molar refractivity (Wildman–Crippen MR) is 113 cm³/mol. The van der Waals surface area contributed by atoms with Gasteiger partial charge in [-0.15, -0.1) is 0 Å². The molecule has 0 atom stereocenters. The summed E-state index contributed by atoms with van der Waals surface area (Å²) in [6.45, 7) is 7.28. The third-order valence-corrected chi connectivity index (χ3v) is 4.89. The lowest BCUT2D eigenvalue weighted by atomic mass is 10.1. The monoisotopic (exact) mass is 416 g/mol. The summed E-state index contributed by atoms with van der Waals surface area (Å²) in [5.74, 6) is 0.944. The van der Waals surface area contributed by atoms with E-state index in [1.54, 1.807) is 6.07 Å². The van der Waals surface area contributed by atoms with Crippen molar-refractivity contribution in [3.05, 3.63) is 82.9 Å². The van der Waals surface area contributed by atoms with Gasteiger partial charge in [0.1, 0.15) is 23.0 Å². The van der Waals surface area contributed by atoms with Crippen LogP contribution in [-0.4, -0.2) is 15.1 Å². The number of phenols is 2. The second-order valence-corrected chi connectivity index (χ2v) is 7.92. The Balaban J connectivity index is 0.000000313. The number of aromatic hydroxyl groups is 2. The molecule has 3 rings (SSSR count). The molecule has 0 radical (unpaired) electrons. The minimum absolute atomic E-state index is 0.0880. The lowest BCUT2D eigenvalue weighted by molar-refractivity contribution is 0.288. The van der Waals surface area contributed by atoms with Gasteiger partial charge in [-0.25, -0.2) is 4.57 Å². The fraction of sp³-hybridized carbons (Fsp3) is 0.182. The van der Waals surface area contributed by atoms with Crippen molar-refractivity contribution in [2.75, 3.05) is 0 Å². The maximum atomic E-state index is 12.3. The normalized spacial score (nSPS) is 10.7. The first kappa shape index (κ1) is 22.3. The summed E-state index contributed by atoms with van der Waals surface area (Å²) in [5.41, 5.74) is 3.15. The second kappa shape index (κ2) is 9.50. The fourth-order valence-electron chi connectivity index (χ4n) is 2.63. The molecule has 7 heteroatoms. The molecule has 0 amide bonds. The van der Waals surface area contributed by atoms with Crippen LogP contribution in [0.5, 0.6) is 23.0 Å². The molecule has 0 fully saturated rings. The molecule has 154 valence electrons. The van der Waals surface area contributed by atoms with E-state index in [9.17, 15) is 9.46 Å². The molecule has 0 aliphatic heterocycles. The van der Waals surface area contributed by atoms with E-state index in [1.165, 1.54) is 18.2 Å². The van der Waals surface area contributed by atoms with Crippen LogP contribution in [0.4, 0.5) is 0 Å². The highest BCUT2D eigenvalue weighted by atomic mass is 31.2. The standard InChI is InChI=1S/C16H19O4P.C6H6O2/c1-11-7-5-8-12(2)15(11)19-21(17,18)20-16-13(3)9-6-10-14(16)4;7-5-2-1-3-6(8)4-5/h5-10H,1-4H3,(H,17,18);1-4,7-8H. The maximum Gasteiger partial charge on any atom is 0.584 e. The number of aryl methyl sites for hydroxylation is 4. The van der Waals surface area contributed by atoms with E-state index in [4.69, 9.17) is 19.3 Å². The van der Waals surface area contributed by atoms with Crippen molar-refractivity contribution in [3.63, 3.8) is 0 Å². The SMILES string of the molecule is Cc1cccc(C)c1OP(=O)(O)Oc1c(C)cccc1C.Oc1cccc(O)c1. The molecular formula is C22H25O6P. The van der Waals surface area contributed by atoms with Crippen LogP contribution in [0, 0.1) is 27.7 Å². The molecule has 6 nitrogen and oxygen atoms in total. The van der Waals surface area contributed by atoms with Crippen LogP contribution in [0.1, 0.15) is 22.3 Å². The van der Waals surface area contributed by atoms with Crippen molar-refractivity contribution in [1.82, 2.24) is 0 Å². The number of hydrogen-bond donors (Lipinski definition) is 3. The maximum absolute atomic E-state index is 12.3. The van der Waals surface area contributed by atoms with Gasteiger partial charge in [-0.3, -0.25) is 4.89 Å². The Morgan fingerprint density at radius 1 is 0.655 bits per heavy atom. The average molecular weight is 416 g/mol. The Labute approximate surface area is 170 Å². The van der Waals surface area contributed by atoms with Gasteiger partial charge >= 0.3 is 7.82 Å². The predicted octanol–water partition coefficient (Wildman–Crippen LogP) is 5.58. The van der Waals surface area contributed by atoms with E-state index in [-0.39, 0.29) is 11.5 Å². The van der Waals surface area contributed by atoms with E-state index in [0.29, 0.717) is 11.5 Å². The summed E-state index contributed by atoms with van der Waals surface area (Å²) < 4.78 is 22.8. The van der Waals surface area contributed by atoms with Gasteiger partial charge in [0.2, 0.25) is 0 Å². The van der Waals surface area contributed by atoms with Crippen molar-refractivity contribution in [2.45, 2.75) is 27.7 Å². The Kier molecular flexibility index (Phi) is 7.32. The van der Waals surface area contributed by atoms with Gasteiger partial charge in [-0.05, 0) is 62.1 Å². The summed E-state index contributed by atoms with van der Waals surface area (Å²) in [7, 11) is -4.24. The number of phenolic OH excluding ortho intramolecular Hbond substituents is 2. The van der Waals surface area contributed by atoms with Crippen LogP contribution in [0.3, 0.4) is 0 Å². The van der Waals surface area contributed by atoms with Crippen molar-refractivity contribution in [3.8, 4) is 23.0 Å². The quantitative estimate of drug-likeness (QED) is 0.481. The molecule has 3 N–H and O–H groups in total. The first-order chi connectivity index (χ1) is 13.6. The highest BCUT2D eigenvalue weighted by molar-refractivity contribution is 7.48. The number of rotatable bonds is 4. The number of benzene rings is 3. The van der Waals surface area contributed by atoms with Crippen molar-refractivity contribution >= 4 is 7.82 Å². The smallest absolute Gasteiger partial charge is 0.508 e. The summed E-state index contributed by atoms with van der Waals surface area (Å²) in [5, 5.41) is 17.3. The van der Waals surface area contributed by atoms with E-state index in [2.05, 4.69) is 0 Å². The number of phosphoric acid groups is 1. The van der Waals surface area contributed by atoms with E-state index in [0.717, 1.165) is 22.3 Å². The fourth-order valence-corrected chi connectivity index (χ4v) is 3.70. The number of phosphoric ester groups is 1. The van der Waals surface area contributed by atoms with Gasteiger partial charge in [0.15, 0.2) is 0 Å². The third kappa shape index (κ3) is 6.56. The van der Waals surface area contributed by atoms with Crippen molar-refractivity contribution < 1.29 is 28.7 Å². The highest BCUT2D eigenvalue weighted by Crippen LogP contribution is 2.47. The summed E-state index contributed by atoms with van der Waals surface area (Å²) in [6.07, 6.45) is 0. The van der Waals surface area contributed by atoms with Crippen molar-refractivity contribution in [2.24, 2.45) is 0 Å². The molecule has 0 aliphatic rings. The molecule has 0 saturated heterocycles. The number of para-hydroxylation sites is 2. The Bertz CT molecular complexity index is 916. The summed E-state index contributed by atoms with van der Waals surface area (Å²) >= 11 is 0. The summed E-state index contributed by atoms with van der Waals surface area (Å²) in [4.78, 5) is 10.0. The zero-order valence-electron chi connectivity index (χ0n) is 16.8. The second-order valence-electron chi connectivity index (χ2n) is 6.61. The van der Waals surface area contributed by atoms with Crippen LogP contribution in [-0.2, 0) is 4.57 Å². The molecule has 3 aromatic carbocycles. The lowest BCUT2D eigenvalue weighted by Gasteiger charge is -2.18. The van der Waals surface area contributed by atoms with Crippen LogP contribution < -0.4 is 9.05 Å². The molecule has 0 heterocycles. The van der Waals surface area contributed by atoms with Gasteiger partial charge in [-0.2, -0.15) is 0 Å². The first-order valence-corrected chi connectivity index (χ1v) is 10.4. The van der Waals surface area contributed by atoms with Crippen LogP contribution in [0.2, 0.25) is 0 Å². The van der Waals surface area contributed by atoms with Crippen LogP contribution >= 0.6 is 7.82 Å². The Hall–Kier alpha value is -2.95. The van der Waals surface area contributed by atoms with Gasteiger partial charge < -0.3 is 19.3 Å². The molecule has 0 aliphatic carbocycles. The molecule has 0 spiro atoms. The molecule has 0 aromatic heterocycles. The molecule has 0 bridgehead atoms. The summed E-state index contributed by atoms with van der Waals surface area (Å²) in [6, 6.07) is 16.9. The van der Waals surface area contributed by atoms with Gasteiger partial charge in [0.05, 0.1) is 0 Å². The minimum Gasteiger partial charge on any atom is -0.508 e. The lowest BCUT2D eigenvalue weighted by Crippen LogP contribution is -2.04. The average Bonchev–Trinajstić information content (AvgIpc) is 2.62. The Morgan fingerprint density at radius 2 is 0.966 bits per heavy atom.